The number of ether oxygens (including phenoxy) is 1. The Morgan fingerprint density at radius 2 is 1.97 bits per heavy atom. The number of anilines is 2. The Hall–Kier alpha value is -2.83. The van der Waals surface area contributed by atoms with E-state index in [1.54, 1.807) is 36.4 Å². The molecule has 0 atom stereocenters. The molecule has 3 rings (SSSR count). The SMILES string of the molecule is O=[N+]([O-])c1cc(C=NNC(=S)Nc2ccc(SC(F)F)cc2)ccc1N1CCOCC1. The van der Waals surface area contributed by atoms with Gasteiger partial charge in [0.1, 0.15) is 5.69 Å². The summed E-state index contributed by atoms with van der Waals surface area (Å²) in [6.45, 7) is 2.25. The zero-order valence-electron chi connectivity index (χ0n) is 16.2. The summed E-state index contributed by atoms with van der Waals surface area (Å²) in [6.07, 6.45) is 1.42. The Labute approximate surface area is 186 Å². The van der Waals surface area contributed by atoms with Crippen LogP contribution in [0.3, 0.4) is 0 Å². The molecule has 0 unspecified atom stereocenters. The van der Waals surface area contributed by atoms with Crippen LogP contribution in [0.4, 0.5) is 25.8 Å². The van der Waals surface area contributed by atoms with Crippen molar-refractivity contribution >= 4 is 52.4 Å². The molecule has 1 heterocycles. The summed E-state index contributed by atoms with van der Waals surface area (Å²) in [5.74, 6) is -2.48. The molecular formula is C19H19F2N5O3S2. The molecule has 1 fully saturated rings. The second-order valence-electron chi connectivity index (χ2n) is 6.33. The van der Waals surface area contributed by atoms with Crippen molar-refractivity contribution in [1.82, 2.24) is 5.43 Å². The number of morpholine rings is 1. The van der Waals surface area contributed by atoms with Crippen LogP contribution in [-0.2, 0) is 4.74 Å². The fourth-order valence-electron chi connectivity index (χ4n) is 2.88. The Morgan fingerprint density at radius 3 is 2.61 bits per heavy atom. The molecule has 8 nitrogen and oxygen atoms in total. The monoisotopic (exact) mass is 467 g/mol. The average Bonchev–Trinajstić information content (AvgIpc) is 2.75. The van der Waals surface area contributed by atoms with Gasteiger partial charge in [0.25, 0.3) is 11.4 Å². The summed E-state index contributed by atoms with van der Waals surface area (Å²) < 4.78 is 30.0. The molecule has 2 N–H and O–H groups in total. The third kappa shape index (κ3) is 6.84. The molecule has 12 heteroatoms. The first kappa shape index (κ1) is 22.8. The quantitative estimate of drug-likeness (QED) is 0.207. The maximum absolute atomic E-state index is 12.4. The standard InChI is InChI=1S/C19H19F2N5O3S2/c20-18(21)31-15-4-2-14(3-5-15)23-19(30)24-22-12-13-1-6-16(17(11-13)26(27)28)25-7-9-29-10-8-25/h1-6,11-12,18H,7-10H2,(H2,23,24,30). The zero-order chi connectivity index (χ0) is 22.2. The largest absolute Gasteiger partial charge is 0.378 e. The molecule has 0 radical (unpaired) electrons. The van der Waals surface area contributed by atoms with E-state index in [1.807, 2.05) is 4.90 Å². The average molecular weight is 468 g/mol. The first-order valence-corrected chi connectivity index (χ1v) is 10.5. The predicted molar refractivity (Wildman–Crippen MR) is 121 cm³/mol. The minimum Gasteiger partial charge on any atom is -0.378 e. The molecule has 1 aliphatic rings. The number of hydrogen-bond donors (Lipinski definition) is 2. The molecule has 1 aliphatic heterocycles. The molecule has 164 valence electrons. The number of rotatable bonds is 7. The number of hydrogen-bond acceptors (Lipinski definition) is 7. The normalized spacial score (nSPS) is 14.1. The van der Waals surface area contributed by atoms with Gasteiger partial charge >= 0.3 is 0 Å². The van der Waals surface area contributed by atoms with Gasteiger partial charge in [0.15, 0.2) is 5.11 Å². The number of nitro benzene ring substituents is 1. The van der Waals surface area contributed by atoms with E-state index in [2.05, 4.69) is 15.8 Å². The summed E-state index contributed by atoms with van der Waals surface area (Å²) in [6, 6.07) is 11.2. The molecule has 31 heavy (non-hydrogen) atoms. The summed E-state index contributed by atoms with van der Waals surface area (Å²) >= 11 is 5.60. The minimum atomic E-state index is -2.48. The second-order valence-corrected chi connectivity index (χ2v) is 7.80. The number of hydrazone groups is 1. The van der Waals surface area contributed by atoms with Crippen molar-refractivity contribution in [2.45, 2.75) is 10.7 Å². The summed E-state index contributed by atoms with van der Waals surface area (Å²) in [7, 11) is 0. The summed E-state index contributed by atoms with van der Waals surface area (Å²) in [5, 5.41) is 18.6. The Kier molecular flexibility index (Phi) is 8.09. The van der Waals surface area contributed by atoms with Crippen molar-refractivity contribution in [1.29, 1.82) is 0 Å². The smallest absolute Gasteiger partial charge is 0.293 e. The Bertz CT molecular complexity index is 954. The lowest BCUT2D eigenvalue weighted by Gasteiger charge is -2.28. The van der Waals surface area contributed by atoms with Gasteiger partial charge in [0, 0.05) is 35.3 Å². The van der Waals surface area contributed by atoms with E-state index in [0.29, 0.717) is 59.9 Å². The van der Waals surface area contributed by atoms with Crippen LogP contribution in [0, 0.1) is 10.1 Å². The van der Waals surface area contributed by atoms with E-state index >= 15 is 0 Å². The maximum Gasteiger partial charge on any atom is 0.293 e. The van der Waals surface area contributed by atoms with Crippen LogP contribution in [0.1, 0.15) is 5.56 Å². The summed E-state index contributed by atoms with van der Waals surface area (Å²) in [5.41, 5.74) is 4.30. The molecule has 0 saturated carbocycles. The molecule has 1 saturated heterocycles. The van der Waals surface area contributed by atoms with Gasteiger partial charge in [-0.05, 0) is 42.5 Å². The number of halogens is 2. The number of nitrogens with zero attached hydrogens (tertiary/aromatic N) is 3. The van der Waals surface area contributed by atoms with Gasteiger partial charge in [-0.15, -0.1) is 0 Å². The fourth-order valence-corrected chi connectivity index (χ4v) is 3.55. The highest BCUT2D eigenvalue weighted by Gasteiger charge is 2.21. The molecule has 0 aromatic heterocycles. The molecule has 0 bridgehead atoms. The number of nitrogens with one attached hydrogen (secondary N) is 2. The molecular weight excluding hydrogens is 448 g/mol. The van der Waals surface area contributed by atoms with Crippen LogP contribution in [0.2, 0.25) is 0 Å². The van der Waals surface area contributed by atoms with Crippen LogP contribution < -0.4 is 15.6 Å². The third-order valence-electron chi connectivity index (χ3n) is 4.27. The Morgan fingerprint density at radius 1 is 1.26 bits per heavy atom. The van der Waals surface area contributed by atoms with Gasteiger partial charge in [-0.25, -0.2) is 0 Å². The predicted octanol–water partition coefficient (Wildman–Crippen LogP) is 4.07. The minimum absolute atomic E-state index is 0.00620. The van der Waals surface area contributed by atoms with Crippen LogP contribution in [-0.4, -0.2) is 48.3 Å². The second kappa shape index (κ2) is 11.0. The lowest BCUT2D eigenvalue weighted by molar-refractivity contribution is -0.384. The van der Waals surface area contributed by atoms with Crippen molar-refractivity contribution in [2.24, 2.45) is 5.10 Å². The molecule has 0 spiro atoms. The maximum atomic E-state index is 12.4. The van der Waals surface area contributed by atoms with Crippen molar-refractivity contribution in [3.63, 3.8) is 0 Å². The van der Waals surface area contributed by atoms with E-state index in [9.17, 15) is 18.9 Å². The van der Waals surface area contributed by atoms with E-state index in [4.69, 9.17) is 17.0 Å². The van der Waals surface area contributed by atoms with Crippen LogP contribution in [0.15, 0.2) is 52.5 Å². The topological polar surface area (TPSA) is 92.0 Å². The van der Waals surface area contributed by atoms with E-state index in [0.717, 1.165) is 0 Å². The fraction of sp³-hybridized carbons (Fsp3) is 0.263. The number of nitro groups is 1. The van der Waals surface area contributed by atoms with Gasteiger partial charge in [0.05, 0.1) is 24.4 Å². The Balaban J connectivity index is 1.59. The first-order chi connectivity index (χ1) is 14.9. The van der Waals surface area contributed by atoms with E-state index in [1.165, 1.54) is 12.3 Å². The third-order valence-corrected chi connectivity index (χ3v) is 5.18. The number of benzene rings is 2. The van der Waals surface area contributed by atoms with Crippen molar-refractivity contribution in [2.75, 3.05) is 36.5 Å². The van der Waals surface area contributed by atoms with E-state index < -0.39 is 10.7 Å². The zero-order valence-corrected chi connectivity index (χ0v) is 17.8. The van der Waals surface area contributed by atoms with Crippen molar-refractivity contribution in [3.8, 4) is 0 Å². The highest BCUT2D eigenvalue weighted by atomic mass is 32.2. The number of thioether (sulfide) groups is 1. The van der Waals surface area contributed by atoms with Crippen molar-refractivity contribution in [3.05, 3.63) is 58.1 Å². The van der Waals surface area contributed by atoms with Crippen molar-refractivity contribution < 1.29 is 18.4 Å². The van der Waals surface area contributed by atoms with Gasteiger partial charge in [-0.2, -0.15) is 13.9 Å². The van der Waals surface area contributed by atoms with Gasteiger partial charge < -0.3 is 15.0 Å². The van der Waals surface area contributed by atoms with Gasteiger partial charge in [-0.3, -0.25) is 15.5 Å². The molecule has 0 aliphatic carbocycles. The first-order valence-electron chi connectivity index (χ1n) is 9.18. The van der Waals surface area contributed by atoms with E-state index in [-0.39, 0.29) is 10.8 Å². The molecule has 0 amide bonds. The summed E-state index contributed by atoms with van der Waals surface area (Å²) in [4.78, 5) is 13.4. The van der Waals surface area contributed by atoms with Crippen LogP contribution >= 0.6 is 24.0 Å². The number of alkyl halides is 2. The highest BCUT2D eigenvalue weighted by molar-refractivity contribution is 7.99. The molecule has 2 aromatic rings. The van der Waals surface area contributed by atoms with Crippen LogP contribution in [0.5, 0.6) is 0 Å². The van der Waals surface area contributed by atoms with Crippen LogP contribution in [0.25, 0.3) is 0 Å². The highest BCUT2D eigenvalue weighted by Crippen LogP contribution is 2.29. The molecule has 2 aromatic carbocycles. The van der Waals surface area contributed by atoms with Gasteiger partial charge in [-0.1, -0.05) is 17.8 Å². The lowest BCUT2D eigenvalue weighted by Crippen LogP contribution is -2.36. The lowest BCUT2D eigenvalue weighted by atomic mass is 10.1. The number of thiocarbonyl (C=S) groups is 1. The van der Waals surface area contributed by atoms with Gasteiger partial charge in [0.2, 0.25) is 0 Å².